The Morgan fingerprint density at radius 3 is 2.93 bits per heavy atom. The van der Waals surface area contributed by atoms with Crippen LogP contribution >= 0.6 is 0 Å². The fraction of sp³-hybridized carbons (Fsp3) is 0.400. The molecule has 0 aliphatic carbocycles. The Balaban J connectivity index is 1.46. The number of para-hydroxylation sites is 2. The van der Waals surface area contributed by atoms with Crippen LogP contribution in [0.4, 0.5) is 0 Å². The molecule has 4 rings (SSSR count). The van der Waals surface area contributed by atoms with Gasteiger partial charge in [-0.1, -0.05) is 19.1 Å². The summed E-state index contributed by atoms with van der Waals surface area (Å²) >= 11 is 0. The first kappa shape index (κ1) is 17.8. The maximum Gasteiger partial charge on any atom is 0.144 e. The van der Waals surface area contributed by atoms with E-state index < -0.39 is 6.10 Å². The van der Waals surface area contributed by atoms with Crippen molar-refractivity contribution >= 4 is 0 Å². The van der Waals surface area contributed by atoms with Crippen molar-refractivity contribution in [3.63, 3.8) is 0 Å². The number of hydrogen-bond donors (Lipinski definition) is 1. The van der Waals surface area contributed by atoms with Gasteiger partial charge in [0.15, 0.2) is 0 Å². The number of rotatable bonds is 6. The third-order valence-corrected chi connectivity index (χ3v) is 5.00. The molecule has 1 aliphatic rings. The van der Waals surface area contributed by atoms with E-state index in [4.69, 9.17) is 4.74 Å². The average molecular weight is 367 g/mol. The molecule has 0 saturated heterocycles. The Labute approximate surface area is 158 Å². The number of aliphatic hydroxyl groups excluding tert-OH is 1. The summed E-state index contributed by atoms with van der Waals surface area (Å²) in [7, 11) is 1.67. The molecular formula is C20H25N5O2. The lowest BCUT2D eigenvalue weighted by atomic mass is 10.2. The Kier molecular flexibility index (Phi) is 4.96. The van der Waals surface area contributed by atoms with Gasteiger partial charge in [-0.05, 0) is 24.6 Å². The molecular weight excluding hydrogens is 342 g/mol. The van der Waals surface area contributed by atoms with Crippen molar-refractivity contribution in [1.82, 2.24) is 24.5 Å². The van der Waals surface area contributed by atoms with E-state index in [-0.39, 0.29) is 0 Å². The van der Waals surface area contributed by atoms with Crippen LogP contribution in [-0.4, -0.2) is 43.2 Å². The highest BCUT2D eigenvalue weighted by Gasteiger charge is 2.21. The Morgan fingerprint density at radius 1 is 1.26 bits per heavy atom. The van der Waals surface area contributed by atoms with Gasteiger partial charge in [0.25, 0.3) is 0 Å². The molecule has 3 heterocycles. The van der Waals surface area contributed by atoms with Crippen molar-refractivity contribution in [2.75, 3.05) is 13.7 Å². The third-order valence-electron chi connectivity index (χ3n) is 5.00. The van der Waals surface area contributed by atoms with E-state index in [1.807, 2.05) is 52.8 Å². The number of fused-ring (bicyclic) bond motifs is 1. The van der Waals surface area contributed by atoms with Crippen molar-refractivity contribution in [1.29, 1.82) is 0 Å². The fourth-order valence-corrected chi connectivity index (χ4v) is 3.50. The Bertz CT molecular complexity index is 917. The first-order valence-corrected chi connectivity index (χ1v) is 9.32. The van der Waals surface area contributed by atoms with E-state index in [0.29, 0.717) is 6.42 Å². The SMILES string of the molecule is CCC(O)c1cc2n(n1)CCN(Cc1cnn(-c3ccccc3OC)c1)C2. The van der Waals surface area contributed by atoms with Gasteiger partial charge in [-0.2, -0.15) is 10.2 Å². The number of aliphatic hydroxyl groups is 1. The zero-order valence-electron chi connectivity index (χ0n) is 15.7. The smallest absolute Gasteiger partial charge is 0.144 e. The van der Waals surface area contributed by atoms with Gasteiger partial charge in [0.2, 0.25) is 0 Å². The second-order valence-corrected chi connectivity index (χ2v) is 6.88. The summed E-state index contributed by atoms with van der Waals surface area (Å²) in [4.78, 5) is 2.38. The van der Waals surface area contributed by atoms with Crippen LogP contribution in [-0.2, 0) is 19.6 Å². The van der Waals surface area contributed by atoms with Crippen LogP contribution in [0.1, 0.15) is 36.4 Å². The maximum atomic E-state index is 10.0. The average Bonchev–Trinajstić information content (AvgIpc) is 3.34. The van der Waals surface area contributed by atoms with Crippen LogP contribution in [0, 0.1) is 0 Å². The quantitative estimate of drug-likeness (QED) is 0.725. The predicted octanol–water partition coefficient (Wildman–Crippen LogP) is 2.54. The third kappa shape index (κ3) is 3.61. The van der Waals surface area contributed by atoms with Crippen molar-refractivity contribution < 1.29 is 9.84 Å². The number of benzene rings is 1. The minimum Gasteiger partial charge on any atom is -0.494 e. The van der Waals surface area contributed by atoms with Gasteiger partial charge in [-0.15, -0.1) is 0 Å². The maximum absolute atomic E-state index is 10.0. The van der Waals surface area contributed by atoms with Gasteiger partial charge >= 0.3 is 0 Å². The molecule has 0 fully saturated rings. The summed E-state index contributed by atoms with van der Waals surface area (Å²) in [6.07, 6.45) is 4.17. The van der Waals surface area contributed by atoms with Crippen molar-refractivity contribution in [2.24, 2.45) is 0 Å². The van der Waals surface area contributed by atoms with Gasteiger partial charge < -0.3 is 9.84 Å². The lowest BCUT2D eigenvalue weighted by Crippen LogP contribution is -2.33. The molecule has 1 aromatic carbocycles. The summed E-state index contributed by atoms with van der Waals surface area (Å²) < 4.78 is 9.30. The molecule has 1 aliphatic heterocycles. The van der Waals surface area contributed by atoms with Crippen LogP contribution in [0.25, 0.3) is 5.69 Å². The highest BCUT2D eigenvalue weighted by Crippen LogP contribution is 2.23. The number of aromatic nitrogens is 4. The second-order valence-electron chi connectivity index (χ2n) is 6.88. The van der Waals surface area contributed by atoms with Crippen LogP contribution < -0.4 is 4.74 Å². The van der Waals surface area contributed by atoms with E-state index >= 15 is 0 Å². The molecule has 27 heavy (non-hydrogen) atoms. The number of methoxy groups -OCH3 is 1. The van der Waals surface area contributed by atoms with Crippen LogP contribution in [0.15, 0.2) is 42.7 Å². The van der Waals surface area contributed by atoms with Gasteiger partial charge in [-0.3, -0.25) is 9.58 Å². The number of hydrogen-bond acceptors (Lipinski definition) is 5. The summed E-state index contributed by atoms with van der Waals surface area (Å²) in [5.41, 5.74) is 4.02. The molecule has 0 amide bonds. The summed E-state index contributed by atoms with van der Waals surface area (Å²) in [6.45, 7) is 5.38. The minimum atomic E-state index is -0.476. The molecule has 0 saturated carbocycles. The standard InChI is InChI=1S/C20H25N5O2/c1-3-19(26)17-10-16-14-23(8-9-24(16)22-17)12-15-11-21-25(13-15)18-6-4-5-7-20(18)27-2/h4-7,10-11,13,19,26H,3,8-9,12,14H2,1-2H3. The van der Waals surface area contributed by atoms with Crippen molar-refractivity contribution in [3.8, 4) is 11.4 Å². The van der Waals surface area contributed by atoms with E-state index in [2.05, 4.69) is 21.3 Å². The van der Waals surface area contributed by atoms with Crippen molar-refractivity contribution in [3.05, 3.63) is 59.7 Å². The number of nitrogens with zero attached hydrogens (tertiary/aromatic N) is 5. The lowest BCUT2D eigenvalue weighted by molar-refractivity contribution is 0.166. The highest BCUT2D eigenvalue weighted by molar-refractivity contribution is 5.46. The van der Waals surface area contributed by atoms with Gasteiger partial charge in [0.1, 0.15) is 11.4 Å². The largest absolute Gasteiger partial charge is 0.494 e. The van der Waals surface area contributed by atoms with Gasteiger partial charge in [0.05, 0.1) is 37.3 Å². The molecule has 1 unspecified atom stereocenters. The summed E-state index contributed by atoms with van der Waals surface area (Å²) in [6, 6.07) is 9.89. The topological polar surface area (TPSA) is 68.3 Å². The lowest BCUT2D eigenvalue weighted by Gasteiger charge is -2.26. The summed E-state index contributed by atoms with van der Waals surface area (Å²) in [5.74, 6) is 0.802. The first-order chi connectivity index (χ1) is 13.2. The molecule has 0 bridgehead atoms. The molecule has 7 heteroatoms. The molecule has 0 radical (unpaired) electrons. The van der Waals surface area contributed by atoms with E-state index in [1.54, 1.807) is 7.11 Å². The molecule has 142 valence electrons. The second kappa shape index (κ2) is 7.54. The van der Waals surface area contributed by atoms with E-state index in [0.717, 1.165) is 54.6 Å². The Hall–Kier alpha value is -2.64. The zero-order valence-corrected chi connectivity index (χ0v) is 15.7. The number of ether oxygens (including phenoxy) is 1. The normalized spacial score (nSPS) is 15.5. The monoisotopic (exact) mass is 367 g/mol. The van der Waals surface area contributed by atoms with Crippen LogP contribution in [0.2, 0.25) is 0 Å². The Morgan fingerprint density at radius 2 is 2.11 bits per heavy atom. The van der Waals surface area contributed by atoms with Gasteiger partial charge in [0, 0.05) is 31.4 Å². The minimum absolute atomic E-state index is 0.476. The van der Waals surface area contributed by atoms with Crippen LogP contribution in [0.5, 0.6) is 5.75 Å². The predicted molar refractivity (Wildman–Crippen MR) is 102 cm³/mol. The molecule has 7 nitrogen and oxygen atoms in total. The van der Waals surface area contributed by atoms with Crippen molar-refractivity contribution in [2.45, 2.75) is 39.1 Å². The molecule has 2 aromatic heterocycles. The van der Waals surface area contributed by atoms with E-state index in [1.165, 1.54) is 0 Å². The molecule has 1 N–H and O–H groups in total. The van der Waals surface area contributed by atoms with Gasteiger partial charge in [-0.25, -0.2) is 4.68 Å². The zero-order chi connectivity index (χ0) is 18.8. The first-order valence-electron chi connectivity index (χ1n) is 9.32. The van der Waals surface area contributed by atoms with E-state index in [9.17, 15) is 5.11 Å². The van der Waals surface area contributed by atoms with Crippen LogP contribution in [0.3, 0.4) is 0 Å². The molecule has 1 atom stereocenters. The highest BCUT2D eigenvalue weighted by atomic mass is 16.5. The molecule has 0 spiro atoms. The summed E-state index contributed by atoms with van der Waals surface area (Å²) in [5, 5.41) is 19.1. The fourth-order valence-electron chi connectivity index (χ4n) is 3.50. The molecule has 3 aromatic rings.